The van der Waals surface area contributed by atoms with Crippen molar-refractivity contribution in [1.29, 1.82) is 0 Å². The Kier molecular flexibility index (Phi) is 1.30. The van der Waals surface area contributed by atoms with Crippen molar-refractivity contribution in [3.63, 3.8) is 0 Å². The van der Waals surface area contributed by atoms with Gasteiger partial charge >= 0.3 is 0 Å². The highest BCUT2D eigenvalue weighted by molar-refractivity contribution is 4.82. The minimum atomic E-state index is 0.880. The summed E-state index contributed by atoms with van der Waals surface area (Å²) in [5.41, 5.74) is 2.66. The summed E-state index contributed by atoms with van der Waals surface area (Å²) >= 11 is 0. The van der Waals surface area contributed by atoms with Crippen LogP contribution in [0.3, 0.4) is 0 Å². The Hall–Kier alpha value is -0.0800. The zero-order chi connectivity index (χ0) is 5.28. The molecule has 3 N–H and O–H groups in total. The Morgan fingerprint density at radius 3 is 2.57 bits per heavy atom. The number of hydrogen-bond donors (Lipinski definition) is 2. The van der Waals surface area contributed by atoms with Gasteiger partial charge in [0.05, 0.1) is 0 Å². The summed E-state index contributed by atoms with van der Waals surface area (Å²) in [5, 5.41) is 0. The fourth-order valence-electron chi connectivity index (χ4n) is 0.835. The van der Waals surface area contributed by atoms with E-state index in [4.69, 9.17) is 5.84 Å². The molecule has 1 fully saturated rings. The summed E-state index contributed by atoms with van der Waals surface area (Å²) < 4.78 is 0. The highest BCUT2D eigenvalue weighted by atomic mass is 15.2. The Morgan fingerprint density at radius 1 is 1.86 bits per heavy atom. The second kappa shape index (κ2) is 1.80. The Balaban J connectivity index is 1.98. The zero-order valence-electron chi connectivity index (χ0n) is 4.65. The molecule has 1 saturated carbocycles. The van der Waals surface area contributed by atoms with Crippen LogP contribution in [0.25, 0.3) is 0 Å². The molecular weight excluding hydrogens is 88.1 g/mol. The highest BCUT2D eigenvalue weighted by Gasteiger charge is 2.31. The van der Waals surface area contributed by atoms with E-state index in [-0.39, 0.29) is 0 Å². The fourth-order valence-corrected chi connectivity index (χ4v) is 0.835. The lowest BCUT2D eigenvalue weighted by atomic mass is 10.3. The van der Waals surface area contributed by atoms with E-state index in [0.29, 0.717) is 0 Å². The first kappa shape index (κ1) is 5.06. The molecule has 0 aromatic carbocycles. The summed E-state index contributed by atoms with van der Waals surface area (Å²) in [4.78, 5) is 0. The average molecular weight is 100 g/mol. The lowest BCUT2D eigenvalue weighted by molar-refractivity contribution is 0.636. The molecule has 7 heavy (non-hydrogen) atoms. The quantitative estimate of drug-likeness (QED) is 0.381. The predicted molar refractivity (Wildman–Crippen MR) is 29.5 cm³/mol. The van der Waals surface area contributed by atoms with Gasteiger partial charge in [-0.1, -0.05) is 6.92 Å². The molecule has 0 spiro atoms. The van der Waals surface area contributed by atoms with Gasteiger partial charge in [0.1, 0.15) is 0 Å². The van der Waals surface area contributed by atoms with Crippen molar-refractivity contribution >= 4 is 0 Å². The molecule has 0 unspecified atom stereocenters. The number of nitrogens with two attached hydrogens (primary N) is 1. The zero-order valence-corrected chi connectivity index (χ0v) is 4.65. The molecule has 2 atom stereocenters. The van der Waals surface area contributed by atoms with Crippen molar-refractivity contribution < 1.29 is 0 Å². The van der Waals surface area contributed by atoms with Gasteiger partial charge in [-0.3, -0.25) is 11.3 Å². The van der Waals surface area contributed by atoms with E-state index in [1.165, 1.54) is 6.42 Å². The Labute approximate surface area is 44.1 Å². The van der Waals surface area contributed by atoms with E-state index in [1.807, 2.05) is 0 Å². The van der Waals surface area contributed by atoms with E-state index in [1.54, 1.807) is 0 Å². The van der Waals surface area contributed by atoms with E-state index in [0.717, 1.165) is 18.4 Å². The van der Waals surface area contributed by atoms with Crippen molar-refractivity contribution in [3.05, 3.63) is 0 Å². The molecule has 1 aliphatic carbocycles. The third-order valence-electron chi connectivity index (χ3n) is 1.66. The van der Waals surface area contributed by atoms with Crippen LogP contribution >= 0.6 is 0 Å². The van der Waals surface area contributed by atoms with Gasteiger partial charge in [-0.05, 0) is 18.3 Å². The molecule has 2 nitrogen and oxygen atoms in total. The SMILES string of the molecule is C[C@H]1C[C@@H]1CNN. The highest BCUT2D eigenvalue weighted by Crippen LogP contribution is 2.36. The van der Waals surface area contributed by atoms with Crippen molar-refractivity contribution in [2.45, 2.75) is 13.3 Å². The lowest BCUT2D eigenvalue weighted by Crippen LogP contribution is -2.24. The normalized spacial score (nSPS) is 38.6. The first-order chi connectivity index (χ1) is 3.34. The molecule has 0 aromatic heterocycles. The summed E-state index contributed by atoms with van der Waals surface area (Å²) in [6, 6.07) is 0. The maximum Gasteiger partial charge on any atom is 0.0128 e. The van der Waals surface area contributed by atoms with E-state index in [9.17, 15) is 0 Å². The van der Waals surface area contributed by atoms with Gasteiger partial charge < -0.3 is 0 Å². The van der Waals surface area contributed by atoms with Crippen LogP contribution < -0.4 is 11.3 Å². The largest absolute Gasteiger partial charge is 0.271 e. The third-order valence-corrected chi connectivity index (χ3v) is 1.66. The van der Waals surface area contributed by atoms with Gasteiger partial charge in [-0.15, -0.1) is 0 Å². The Bertz CT molecular complexity index is 63.1. The first-order valence-corrected chi connectivity index (χ1v) is 2.78. The van der Waals surface area contributed by atoms with Gasteiger partial charge in [0.2, 0.25) is 0 Å². The maximum atomic E-state index is 5.08. The summed E-state index contributed by atoms with van der Waals surface area (Å²) in [6.07, 6.45) is 1.37. The second-order valence-corrected chi connectivity index (χ2v) is 2.38. The minimum Gasteiger partial charge on any atom is -0.271 e. The van der Waals surface area contributed by atoms with Crippen LogP contribution in [0.15, 0.2) is 0 Å². The van der Waals surface area contributed by atoms with E-state index in [2.05, 4.69) is 12.3 Å². The predicted octanol–water partition coefficient (Wildman–Crippen LogP) is 0.106. The van der Waals surface area contributed by atoms with Gasteiger partial charge in [0.25, 0.3) is 0 Å². The van der Waals surface area contributed by atoms with Crippen LogP contribution in [0, 0.1) is 11.8 Å². The van der Waals surface area contributed by atoms with Crippen molar-refractivity contribution in [3.8, 4) is 0 Å². The summed E-state index contributed by atoms with van der Waals surface area (Å²) in [7, 11) is 0. The second-order valence-electron chi connectivity index (χ2n) is 2.38. The molecule has 42 valence electrons. The number of hydrogen-bond acceptors (Lipinski definition) is 2. The van der Waals surface area contributed by atoms with Crippen LogP contribution in [0.1, 0.15) is 13.3 Å². The molecule has 1 aliphatic rings. The molecule has 0 heterocycles. The van der Waals surface area contributed by atoms with Crippen LogP contribution in [-0.4, -0.2) is 6.54 Å². The molecule has 0 radical (unpaired) electrons. The van der Waals surface area contributed by atoms with Crippen molar-refractivity contribution in [2.24, 2.45) is 17.7 Å². The first-order valence-electron chi connectivity index (χ1n) is 2.78. The molecular formula is C5H12N2. The van der Waals surface area contributed by atoms with Crippen LogP contribution in [0.2, 0.25) is 0 Å². The van der Waals surface area contributed by atoms with E-state index < -0.39 is 0 Å². The van der Waals surface area contributed by atoms with Crippen LogP contribution in [-0.2, 0) is 0 Å². The number of nitrogens with one attached hydrogen (secondary N) is 1. The van der Waals surface area contributed by atoms with Gasteiger partial charge in [-0.25, -0.2) is 0 Å². The standard InChI is InChI=1S/C5H12N2/c1-4-2-5(4)3-7-6/h4-5,7H,2-3,6H2,1H3/t4-,5+/m0/s1. The fraction of sp³-hybridized carbons (Fsp3) is 1.00. The third kappa shape index (κ3) is 1.14. The number of rotatable bonds is 2. The summed E-state index contributed by atoms with van der Waals surface area (Å²) in [6.45, 7) is 3.25. The van der Waals surface area contributed by atoms with Crippen LogP contribution in [0.5, 0.6) is 0 Å². The smallest absolute Gasteiger partial charge is 0.0128 e. The molecule has 2 heteroatoms. The van der Waals surface area contributed by atoms with Crippen molar-refractivity contribution in [2.75, 3.05) is 6.54 Å². The molecule has 0 amide bonds. The van der Waals surface area contributed by atoms with Gasteiger partial charge in [0.15, 0.2) is 0 Å². The van der Waals surface area contributed by atoms with E-state index >= 15 is 0 Å². The average Bonchev–Trinajstić information content (AvgIpc) is 2.22. The molecule has 0 saturated heterocycles. The monoisotopic (exact) mass is 100 g/mol. The molecule has 0 aromatic rings. The topological polar surface area (TPSA) is 38.0 Å². The minimum absolute atomic E-state index is 0.880. The van der Waals surface area contributed by atoms with Gasteiger partial charge in [-0.2, -0.15) is 0 Å². The van der Waals surface area contributed by atoms with Crippen LogP contribution in [0.4, 0.5) is 0 Å². The molecule has 0 aliphatic heterocycles. The number of hydrazine groups is 1. The molecule has 1 rings (SSSR count). The molecule has 0 bridgehead atoms. The van der Waals surface area contributed by atoms with Crippen molar-refractivity contribution in [1.82, 2.24) is 5.43 Å². The summed E-state index contributed by atoms with van der Waals surface area (Å²) in [5.74, 6) is 6.89. The van der Waals surface area contributed by atoms with Gasteiger partial charge in [0, 0.05) is 6.54 Å². The lowest BCUT2D eigenvalue weighted by Gasteiger charge is -1.90. The maximum absolute atomic E-state index is 5.08. The Morgan fingerprint density at radius 2 is 2.43 bits per heavy atom.